The SMILES string of the molecule is CCCNC(=O)C1CC1C(=O)NCCc1ccc(Cl)cc1. The Morgan fingerprint density at radius 3 is 2.24 bits per heavy atom. The molecule has 1 saturated carbocycles. The Bertz CT molecular complexity index is 502. The van der Waals surface area contributed by atoms with Gasteiger partial charge in [-0.25, -0.2) is 0 Å². The van der Waals surface area contributed by atoms with Crippen LogP contribution in [0.15, 0.2) is 24.3 Å². The van der Waals surface area contributed by atoms with E-state index in [1.165, 1.54) is 0 Å². The summed E-state index contributed by atoms with van der Waals surface area (Å²) in [6.07, 6.45) is 2.35. The van der Waals surface area contributed by atoms with Crippen molar-refractivity contribution in [2.75, 3.05) is 13.1 Å². The van der Waals surface area contributed by atoms with Crippen LogP contribution in [-0.2, 0) is 16.0 Å². The third-order valence-corrected chi connectivity index (χ3v) is 3.89. The molecule has 0 heterocycles. The molecule has 1 aromatic rings. The second-order valence-electron chi connectivity index (χ2n) is 5.41. The van der Waals surface area contributed by atoms with Crippen LogP contribution in [0.25, 0.3) is 0 Å². The summed E-state index contributed by atoms with van der Waals surface area (Å²) in [4.78, 5) is 23.6. The molecule has 0 bridgehead atoms. The molecule has 4 nitrogen and oxygen atoms in total. The van der Waals surface area contributed by atoms with Crippen LogP contribution in [0.1, 0.15) is 25.3 Å². The number of halogens is 1. The van der Waals surface area contributed by atoms with E-state index in [2.05, 4.69) is 10.6 Å². The summed E-state index contributed by atoms with van der Waals surface area (Å²) < 4.78 is 0. The van der Waals surface area contributed by atoms with Crippen LogP contribution in [0.4, 0.5) is 0 Å². The predicted octanol–water partition coefficient (Wildman–Crippen LogP) is 2.16. The first kappa shape index (κ1) is 15.8. The Kier molecular flexibility index (Phi) is 5.62. The molecule has 0 aliphatic heterocycles. The van der Waals surface area contributed by atoms with E-state index in [0.29, 0.717) is 24.5 Å². The molecule has 2 unspecified atom stereocenters. The van der Waals surface area contributed by atoms with Crippen LogP contribution in [0.3, 0.4) is 0 Å². The summed E-state index contributed by atoms with van der Waals surface area (Å²) in [7, 11) is 0. The zero-order valence-corrected chi connectivity index (χ0v) is 13.0. The van der Waals surface area contributed by atoms with Crippen molar-refractivity contribution >= 4 is 23.4 Å². The van der Waals surface area contributed by atoms with Crippen molar-refractivity contribution in [2.24, 2.45) is 11.8 Å². The number of nitrogens with one attached hydrogen (secondary N) is 2. The van der Waals surface area contributed by atoms with Crippen molar-refractivity contribution in [3.8, 4) is 0 Å². The zero-order chi connectivity index (χ0) is 15.2. The van der Waals surface area contributed by atoms with Crippen LogP contribution in [0.2, 0.25) is 5.02 Å². The van der Waals surface area contributed by atoms with E-state index in [9.17, 15) is 9.59 Å². The largest absolute Gasteiger partial charge is 0.356 e. The maximum atomic E-state index is 11.9. The minimum Gasteiger partial charge on any atom is -0.356 e. The van der Waals surface area contributed by atoms with Gasteiger partial charge in [0.1, 0.15) is 0 Å². The lowest BCUT2D eigenvalue weighted by Gasteiger charge is -2.06. The highest BCUT2D eigenvalue weighted by Crippen LogP contribution is 2.38. The quantitative estimate of drug-likeness (QED) is 0.811. The minimum atomic E-state index is -0.146. The maximum Gasteiger partial charge on any atom is 0.223 e. The van der Waals surface area contributed by atoms with Crippen molar-refractivity contribution < 1.29 is 9.59 Å². The first-order valence-corrected chi connectivity index (χ1v) is 7.79. The zero-order valence-electron chi connectivity index (χ0n) is 12.2. The van der Waals surface area contributed by atoms with Gasteiger partial charge >= 0.3 is 0 Å². The number of carbonyl (C=O) groups excluding carboxylic acids is 2. The molecule has 1 aliphatic carbocycles. The van der Waals surface area contributed by atoms with Crippen LogP contribution >= 0.6 is 11.6 Å². The van der Waals surface area contributed by atoms with E-state index >= 15 is 0 Å². The van der Waals surface area contributed by atoms with Gasteiger partial charge in [-0.3, -0.25) is 9.59 Å². The summed E-state index contributed by atoms with van der Waals surface area (Å²) in [6.45, 7) is 3.27. The van der Waals surface area contributed by atoms with Gasteiger partial charge in [-0.05, 0) is 37.0 Å². The molecule has 21 heavy (non-hydrogen) atoms. The van der Waals surface area contributed by atoms with Crippen LogP contribution < -0.4 is 10.6 Å². The molecule has 1 fully saturated rings. The molecule has 114 valence electrons. The van der Waals surface area contributed by atoms with Gasteiger partial charge in [-0.15, -0.1) is 0 Å². The molecule has 0 aromatic heterocycles. The maximum absolute atomic E-state index is 11.9. The monoisotopic (exact) mass is 308 g/mol. The third kappa shape index (κ3) is 4.74. The summed E-state index contributed by atoms with van der Waals surface area (Å²) in [6, 6.07) is 7.58. The summed E-state index contributed by atoms with van der Waals surface area (Å²) in [5.41, 5.74) is 1.13. The van der Waals surface area contributed by atoms with Gasteiger partial charge in [0.2, 0.25) is 11.8 Å². The lowest BCUT2D eigenvalue weighted by Crippen LogP contribution is -2.31. The van der Waals surface area contributed by atoms with E-state index in [1.807, 2.05) is 31.2 Å². The lowest BCUT2D eigenvalue weighted by atomic mass is 10.1. The number of benzene rings is 1. The Morgan fingerprint density at radius 2 is 1.67 bits per heavy atom. The predicted molar refractivity (Wildman–Crippen MR) is 83.1 cm³/mol. The molecule has 2 rings (SSSR count). The van der Waals surface area contributed by atoms with Gasteiger partial charge in [-0.2, -0.15) is 0 Å². The van der Waals surface area contributed by atoms with E-state index in [-0.39, 0.29) is 23.7 Å². The Hall–Kier alpha value is -1.55. The second kappa shape index (κ2) is 7.46. The molecular weight excluding hydrogens is 288 g/mol. The standard InChI is InChI=1S/C16H21ClN2O2/c1-2-8-18-15(20)13-10-14(13)16(21)19-9-7-11-3-5-12(17)6-4-11/h3-6,13-14H,2,7-10H2,1H3,(H,18,20)(H,19,21). The highest BCUT2D eigenvalue weighted by atomic mass is 35.5. The molecular formula is C16H21ClN2O2. The molecule has 2 N–H and O–H groups in total. The van der Waals surface area contributed by atoms with E-state index in [1.54, 1.807) is 0 Å². The fourth-order valence-corrected chi connectivity index (χ4v) is 2.39. The first-order chi connectivity index (χ1) is 10.1. The number of hydrogen-bond donors (Lipinski definition) is 2. The molecule has 0 radical (unpaired) electrons. The van der Waals surface area contributed by atoms with Gasteiger partial charge in [0, 0.05) is 18.1 Å². The minimum absolute atomic E-state index is 0.00898. The third-order valence-electron chi connectivity index (χ3n) is 3.64. The number of carbonyl (C=O) groups is 2. The smallest absolute Gasteiger partial charge is 0.223 e. The molecule has 1 aromatic carbocycles. The average molecular weight is 309 g/mol. The molecule has 2 atom stereocenters. The molecule has 2 amide bonds. The first-order valence-electron chi connectivity index (χ1n) is 7.41. The van der Waals surface area contributed by atoms with Gasteiger partial charge in [0.15, 0.2) is 0 Å². The van der Waals surface area contributed by atoms with Crippen molar-refractivity contribution in [1.29, 1.82) is 0 Å². The molecule has 0 spiro atoms. The highest BCUT2D eigenvalue weighted by molar-refractivity contribution is 6.30. The average Bonchev–Trinajstić information content (AvgIpc) is 3.27. The Morgan fingerprint density at radius 1 is 1.10 bits per heavy atom. The van der Waals surface area contributed by atoms with E-state index in [0.717, 1.165) is 18.4 Å². The Balaban J connectivity index is 1.67. The van der Waals surface area contributed by atoms with Gasteiger partial charge < -0.3 is 10.6 Å². The second-order valence-corrected chi connectivity index (χ2v) is 5.84. The van der Waals surface area contributed by atoms with E-state index in [4.69, 9.17) is 11.6 Å². The van der Waals surface area contributed by atoms with E-state index < -0.39 is 0 Å². The van der Waals surface area contributed by atoms with Crippen LogP contribution in [-0.4, -0.2) is 24.9 Å². The number of amides is 2. The van der Waals surface area contributed by atoms with Crippen molar-refractivity contribution in [2.45, 2.75) is 26.2 Å². The molecule has 1 aliphatic rings. The fourth-order valence-electron chi connectivity index (χ4n) is 2.27. The topological polar surface area (TPSA) is 58.2 Å². The van der Waals surface area contributed by atoms with Gasteiger partial charge in [0.25, 0.3) is 0 Å². The van der Waals surface area contributed by atoms with Crippen LogP contribution in [0, 0.1) is 11.8 Å². The summed E-state index contributed by atoms with van der Waals surface area (Å²) in [5, 5.41) is 6.44. The number of rotatable bonds is 7. The highest BCUT2D eigenvalue weighted by Gasteiger charge is 2.47. The summed E-state index contributed by atoms with van der Waals surface area (Å²) >= 11 is 5.82. The fraction of sp³-hybridized carbons (Fsp3) is 0.500. The molecule has 5 heteroatoms. The van der Waals surface area contributed by atoms with Crippen molar-refractivity contribution in [3.63, 3.8) is 0 Å². The van der Waals surface area contributed by atoms with Gasteiger partial charge in [-0.1, -0.05) is 30.7 Å². The normalized spacial score (nSPS) is 19.9. The van der Waals surface area contributed by atoms with Crippen molar-refractivity contribution in [3.05, 3.63) is 34.9 Å². The van der Waals surface area contributed by atoms with Crippen LogP contribution in [0.5, 0.6) is 0 Å². The summed E-state index contributed by atoms with van der Waals surface area (Å²) in [5.74, 6) is -0.283. The number of hydrogen-bond acceptors (Lipinski definition) is 2. The van der Waals surface area contributed by atoms with Gasteiger partial charge in [0.05, 0.1) is 11.8 Å². The van der Waals surface area contributed by atoms with Crippen molar-refractivity contribution in [1.82, 2.24) is 10.6 Å². The lowest BCUT2D eigenvalue weighted by molar-refractivity contribution is -0.127. The molecule has 0 saturated heterocycles. The Labute approximate surface area is 130 Å².